The molecule has 7 nitrogen and oxygen atoms in total. The average molecular weight is 375 g/mol. The number of hydrogen-bond donors (Lipinski definition) is 2. The summed E-state index contributed by atoms with van der Waals surface area (Å²) in [5.74, 6) is 1.15. The number of nitrogens with zero attached hydrogens (tertiary/aromatic N) is 1. The van der Waals surface area contributed by atoms with Crippen molar-refractivity contribution >= 4 is 22.7 Å². The Balaban J connectivity index is 1.60. The Morgan fingerprint density at radius 2 is 1.89 bits per heavy atom. The van der Waals surface area contributed by atoms with Crippen LogP contribution in [-0.4, -0.2) is 41.1 Å². The van der Waals surface area contributed by atoms with Crippen molar-refractivity contribution in [3.8, 4) is 11.5 Å². The number of carbonyl (C=O) groups is 2. The van der Waals surface area contributed by atoms with Crippen LogP contribution in [0.25, 0.3) is 10.9 Å². The molecule has 0 unspecified atom stereocenters. The maximum atomic E-state index is 12.9. The van der Waals surface area contributed by atoms with Gasteiger partial charge in [0, 0.05) is 23.0 Å². The minimum absolute atomic E-state index is 0.0198. The van der Waals surface area contributed by atoms with Gasteiger partial charge < -0.3 is 24.7 Å². The van der Waals surface area contributed by atoms with Crippen molar-refractivity contribution in [2.24, 2.45) is 0 Å². The highest BCUT2D eigenvalue weighted by Crippen LogP contribution is 2.44. The number of hydrogen-bond acceptors (Lipinski definition) is 4. The summed E-state index contributed by atoms with van der Waals surface area (Å²) in [5.41, 5.74) is 3.94. The van der Waals surface area contributed by atoms with E-state index in [1.54, 1.807) is 4.90 Å². The van der Waals surface area contributed by atoms with Crippen molar-refractivity contribution in [1.82, 2.24) is 15.2 Å². The van der Waals surface area contributed by atoms with E-state index in [9.17, 15) is 9.59 Å². The molecule has 2 atom stereocenters. The lowest BCUT2D eigenvalue weighted by atomic mass is 9.86. The molecule has 0 radical (unpaired) electrons. The van der Waals surface area contributed by atoms with E-state index in [0.717, 1.165) is 27.7 Å². The highest BCUT2D eigenvalue weighted by molar-refractivity contribution is 5.97. The Labute approximate surface area is 160 Å². The van der Waals surface area contributed by atoms with E-state index in [2.05, 4.69) is 16.4 Å². The van der Waals surface area contributed by atoms with Crippen LogP contribution in [0.3, 0.4) is 0 Å². The summed E-state index contributed by atoms with van der Waals surface area (Å²) in [6.45, 7) is 0.209. The zero-order chi connectivity index (χ0) is 18.8. The first-order valence-corrected chi connectivity index (χ1v) is 9.28. The van der Waals surface area contributed by atoms with Gasteiger partial charge in [0.15, 0.2) is 11.5 Å². The molecular weight excluding hydrogens is 358 g/mol. The molecule has 4 heterocycles. The molecule has 1 saturated heterocycles. The lowest BCUT2D eigenvalue weighted by Gasteiger charge is -2.44. The number of nitrogens with one attached hydrogen (secondary N) is 2. The molecule has 3 aliphatic rings. The quantitative estimate of drug-likeness (QED) is 0.680. The minimum Gasteiger partial charge on any atom is -0.454 e. The molecule has 2 N–H and O–H groups in total. The summed E-state index contributed by atoms with van der Waals surface area (Å²) in [5, 5.41) is 3.82. The lowest BCUT2D eigenvalue weighted by Crippen LogP contribution is -2.61. The Kier molecular flexibility index (Phi) is 3.06. The van der Waals surface area contributed by atoms with Crippen LogP contribution in [0.2, 0.25) is 0 Å². The predicted octanol–water partition coefficient (Wildman–Crippen LogP) is 1.87. The molecule has 0 spiro atoms. The van der Waals surface area contributed by atoms with Crippen LogP contribution in [0.15, 0.2) is 42.5 Å². The topological polar surface area (TPSA) is 83.7 Å². The fourth-order valence-corrected chi connectivity index (χ4v) is 4.60. The van der Waals surface area contributed by atoms with Crippen LogP contribution >= 0.6 is 0 Å². The maximum absolute atomic E-state index is 12.9. The Morgan fingerprint density at radius 3 is 2.82 bits per heavy atom. The van der Waals surface area contributed by atoms with Gasteiger partial charge in [-0.1, -0.05) is 24.3 Å². The van der Waals surface area contributed by atoms with E-state index in [1.165, 1.54) is 0 Å². The maximum Gasteiger partial charge on any atom is 0.243 e. The summed E-state index contributed by atoms with van der Waals surface area (Å²) in [6.07, 6.45) is 0.498. The Bertz CT molecular complexity index is 1150. The number of para-hydroxylation sites is 1. The highest BCUT2D eigenvalue weighted by atomic mass is 16.7. The van der Waals surface area contributed by atoms with Crippen LogP contribution < -0.4 is 14.8 Å². The molecule has 28 heavy (non-hydrogen) atoms. The summed E-state index contributed by atoms with van der Waals surface area (Å²) in [7, 11) is 0. The van der Waals surface area contributed by atoms with Gasteiger partial charge in [-0.25, -0.2) is 0 Å². The fourth-order valence-electron chi connectivity index (χ4n) is 4.60. The van der Waals surface area contributed by atoms with Crippen molar-refractivity contribution in [3.05, 3.63) is 59.3 Å². The van der Waals surface area contributed by atoms with Crippen LogP contribution in [0.1, 0.15) is 22.9 Å². The lowest BCUT2D eigenvalue weighted by molar-refractivity contribution is -0.148. The van der Waals surface area contributed by atoms with E-state index < -0.39 is 6.04 Å². The fraction of sp³-hybridized carbons (Fsp3) is 0.238. The summed E-state index contributed by atoms with van der Waals surface area (Å²) >= 11 is 0. The third-order valence-electron chi connectivity index (χ3n) is 5.85. The summed E-state index contributed by atoms with van der Waals surface area (Å²) in [6, 6.07) is 12.8. The third kappa shape index (κ3) is 2.04. The molecular formula is C21H17N3O4. The van der Waals surface area contributed by atoms with E-state index in [1.807, 2.05) is 36.4 Å². The number of piperazine rings is 1. The first kappa shape index (κ1) is 15.6. The van der Waals surface area contributed by atoms with E-state index in [-0.39, 0.29) is 31.2 Å². The largest absolute Gasteiger partial charge is 0.454 e. The molecule has 6 rings (SSSR count). The molecule has 140 valence electrons. The molecule has 3 aliphatic heterocycles. The number of ether oxygens (including phenoxy) is 2. The normalized spacial score (nSPS) is 22.8. The van der Waals surface area contributed by atoms with Gasteiger partial charge in [-0.15, -0.1) is 0 Å². The number of rotatable bonds is 1. The Morgan fingerprint density at radius 1 is 1.04 bits per heavy atom. The number of carbonyl (C=O) groups excluding carboxylic acids is 2. The molecule has 0 saturated carbocycles. The van der Waals surface area contributed by atoms with Crippen molar-refractivity contribution < 1.29 is 19.1 Å². The monoisotopic (exact) mass is 375 g/mol. The molecule has 2 aromatic carbocycles. The summed E-state index contributed by atoms with van der Waals surface area (Å²) in [4.78, 5) is 30.7. The molecule has 3 aromatic rings. The second kappa shape index (κ2) is 5.51. The zero-order valence-electron chi connectivity index (χ0n) is 14.9. The van der Waals surface area contributed by atoms with Crippen molar-refractivity contribution in [2.75, 3.05) is 13.3 Å². The van der Waals surface area contributed by atoms with Crippen LogP contribution in [0.5, 0.6) is 11.5 Å². The smallest absolute Gasteiger partial charge is 0.243 e. The molecule has 2 amide bonds. The SMILES string of the molecule is O=C1NCC(=O)N2[C@H](c3ccc4c(c3)OCO4)c3[nH]c4ccccc4c3C[C@H]12. The molecule has 1 aromatic heterocycles. The van der Waals surface area contributed by atoms with Crippen LogP contribution in [0.4, 0.5) is 0 Å². The van der Waals surface area contributed by atoms with E-state index in [4.69, 9.17) is 9.47 Å². The first-order chi connectivity index (χ1) is 13.7. The van der Waals surface area contributed by atoms with Gasteiger partial charge in [-0.3, -0.25) is 9.59 Å². The van der Waals surface area contributed by atoms with Gasteiger partial charge in [-0.05, 0) is 29.3 Å². The average Bonchev–Trinajstić information content (AvgIpc) is 3.33. The number of aromatic amines is 1. The number of amides is 2. The molecule has 0 bridgehead atoms. The van der Waals surface area contributed by atoms with E-state index in [0.29, 0.717) is 17.9 Å². The molecule has 1 fully saturated rings. The standard InChI is InChI=1S/C21H17N3O4/c25-18-9-22-21(26)15-8-13-12-3-1-2-4-14(12)23-19(13)20(24(15)18)11-5-6-16-17(7-11)28-10-27-16/h1-7,15,20,23H,8-10H2,(H,22,26)/t15-,20-/m1/s1. The van der Waals surface area contributed by atoms with Crippen LogP contribution in [-0.2, 0) is 16.0 Å². The molecule has 0 aliphatic carbocycles. The number of aromatic nitrogens is 1. The van der Waals surface area contributed by atoms with E-state index >= 15 is 0 Å². The second-order valence-corrected chi connectivity index (χ2v) is 7.32. The van der Waals surface area contributed by atoms with Crippen molar-refractivity contribution in [1.29, 1.82) is 0 Å². The predicted molar refractivity (Wildman–Crippen MR) is 100 cm³/mol. The van der Waals surface area contributed by atoms with Crippen molar-refractivity contribution in [3.63, 3.8) is 0 Å². The minimum atomic E-state index is -0.525. The number of H-pyrrole nitrogens is 1. The third-order valence-corrected chi connectivity index (χ3v) is 5.85. The highest BCUT2D eigenvalue weighted by Gasteiger charge is 2.45. The number of benzene rings is 2. The van der Waals surface area contributed by atoms with Gasteiger partial charge in [0.1, 0.15) is 6.04 Å². The van der Waals surface area contributed by atoms with Crippen molar-refractivity contribution in [2.45, 2.75) is 18.5 Å². The van der Waals surface area contributed by atoms with Crippen LogP contribution in [0, 0.1) is 0 Å². The van der Waals surface area contributed by atoms with Gasteiger partial charge in [-0.2, -0.15) is 0 Å². The van der Waals surface area contributed by atoms with Gasteiger partial charge >= 0.3 is 0 Å². The Hall–Kier alpha value is -3.48. The number of fused-ring (bicyclic) bond motifs is 5. The van der Waals surface area contributed by atoms with Gasteiger partial charge in [0.2, 0.25) is 18.6 Å². The summed E-state index contributed by atoms with van der Waals surface area (Å²) < 4.78 is 11.0. The second-order valence-electron chi connectivity index (χ2n) is 7.32. The first-order valence-electron chi connectivity index (χ1n) is 9.28. The zero-order valence-corrected chi connectivity index (χ0v) is 14.9. The van der Waals surface area contributed by atoms with Gasteiger partial charge in [0.05, 0.1) is 12.6 Å². The van der Waals surface area contributed by atoms with Gasteiger partial charge in [0.25, 0.3) is 0 Å². The molecule has 7 heteroatoms.